The first-order valence-electron chi connectivity index (χ1n) is 32.7. The third-order valence-electron chi connectivity index (χ3n) is 20.3. The number of aliphatic hydroxyl groups is 1. The van der Waals surface area contributed by atoms with E-state index in [0.717, 1.165) is 71.9 Å². The Labute approximate surface area is 568 Å². The van der Waals surface area contributed by atoms with Crippen molar-refractivity contribution in [1.82, 2.24) is 49.7 Å². The summed E-state index contributed by atoms with van der Waals surface area (Å²) in [7, 11) is 1.58. The molecular formula is C70H62F12N16O3. The van der Waals surface area contributed by atoms with Crippen LogP contribution in [-0.2, 0) is 64.5 Å². The van der Waals surface area contributed by atoms with E-state index in [-0.39, 0.29) is 177 Å². The number of unbranched alkanes of at least 4 members (excludes halogenated alkanes) is 2. The summed E-state index contributed by atoms with van der Waals surface area (Å²) in [5.41, 5.74) is -5.35. The molecule has 524 valence electrons. The smallest absolute Gasteiger partial charge is 0.391 e. The number of nitrogens with one attached hydrogen (secondary N) is 3. The summed E-state index contributed by atoms with van der Waals surface area (Å²) in [5.74, 6) is -2.03. The maximum atomic E-state index is 15.4. The Morgan fingerprint density at radius 2 is 1.10 bits per heavy atom. The molecule has 7 heterocycles. The number of nitrogens with zero attached hydrogens (tertiary/aromatic N) is 13. The summed E-state index contributed by atoms with van der Waals surface area (Å²) in [4.78, 5) is 42.4. The summed E-state index contributed by atoms with van der Waals surface area (Å²) in [6.07, 6.45) is -12.9. The number of carbonyl (C=O) groups excluding carboxylic acids is 2. The molecule has 4 fully saturated rings. The monoisotopic (exact) mass is 1400 g/mol. The molecule has 6 aliphatic rings. The lowest BCUT2D eigenvalue weighted by Crippen LogP contribution is -2.54. The average Bonchev–Trinajstić information content (AvgIpc) is 1.58. The molecule has 0 bridgehead atoms. The van der Waals surface area contributed by atoms with E-state index in [1.807, 2.05) is 17.0 Å². The number of rotatable bonds is 21. The van der Waals surface area contributed by atoms with Gasteiger partial charge in [-0.2, -0.15) is 63.2 Å². The summed E-state index contributed by atoms with van der Waals surface area (Å²) in [6, 6.07) is 19.8. The van der Waals surface area contributed by atoms with Crippen LogP contribution in [0.1, 0.15) is 123 Å². The lowest BCUT2D eigenvalue weighted by molar-refractivity contribution is -0.139. The van der Waals surface area contributed by atoms with Crippen LogP contribution in [0.5, 0.6) is 0 Å². The van der Waals surface area contributed by atoms with Crippen molar-refractivity contribution >= 4 is 35.1 Å². The Kier molecular flexibility index (Phi) is 17.3. The zero-order chi connectivity index (χ0) is 71.3. The highest BCUT2D eigenvalue weighted by Crippen LogP contribution is 2.64. The van der Waals surface area contributed by atoms with Crippen LogP contribution < -0.4 is 25.8 Å². The first-order chi connectivity index (χ1) is 48.0. The molecule has 19 nitrogen and oxygen atoms in total. The molecule has 2 unspecified atom stereocenters. The first kappa shape index (κ1) is 68.2. The van der Waals surface area contributed by atoms with Gasteiger partial charge in [-0.15, -0.1) is 20.4 Å². The number of β-amino-alcohol motifs (C(OH)–C–C–N with tert-alkyl or cyclic N) is 1. The molecule has 31 heteroatoms. The van der Waals surface area contributed by atoms with Gasteiger partial charge in [-0.1, -0.05) is 0 Å². The van der Waals surface area contributed by atoms with Gasteiger partial charge in [0.25, 0.3) is 11.8 Å². The summed E-state index contributed by atoms with van der Waals surface area (Å²) in [6.45, 7) is -0.197. The van der Waals surface area contributed by atoms with Gasteiger partial charge in [0.2, 0.25) is 0 Å². The molecule has 3 aliphatic carbocycles. The number of amides is 2. The Morgan fingerprint density at radius 1 is 0.594 bits per heavy atom. The van der Waals surface area contributed by atoms with Crippen molar-refractivity contribution in [3.8, 4) is 57.2 Å². The highest BCUT2D eigenvalue weighted by molar-refractivity contribution is 6.11. The van der Waals surface area contributed by atoms with Crippen LogP contribution in [-0.4, -0.2) is 99.6 Å². The Hall–Kier alpha value is -9.98. The fraction of sp³-hybridized carbons (Fsp3) is 0.400. The van der Waals surface area contributed by atoms with E-state index in [4.69, 9.17) is 0 Å². The molecule has 2 spiro atoms. The van der Waals surface area contributed by atoms with Gasteiger partial charge in [-0.05, 0) is 186 Å². The number of halogens is 12. The fourth-order valence-electron chi connectivity index (χ4n) is 14.9. The topological polar surface area (TPSA) is 235 Å². The van der Waals surface area contributed by atoms with Crippen molar-refractivity contribution in [2.24, 2.45) is 23.8 Å². The minimum absolute atomic E-state index is 0.00806. The number of alkyl halides is 12. The number of aryl methyl sites for hydroxylation is 1. The van der Waals surface area contributed by atoms with Gasteiger partial charge in [0.05, 0.1) is 53.6 Å². The average molecular weight is 1400 g/mol. The number of hydrogen-bond acceptors (Lipinski definition) is 15. The van der Waals surface area contributed by atoms with Crippen molar-refractivity contribution in [1.29, 1.82) is 10.5 Å². The van der Waals surface area contributed by atoms with Crippen LogP contribution in [0.25, 0.3) is 45.0 Å². The van der Waals surface area contributed by atoms with E-state index < -0.39 is 78.0 Å². The maximum Gasteiger partial charge on any atom is 0.416 e. The first-order valence-corrected chi connectivity index (χ1v) is 32.7. The molecular weight excluding hydrogens is 1340 g/mol. The predicted molar refractivity (Wildman–Crippen MR) is 342 cm³/mol. The number of aromatic nitrogens is 8. The second-order valence-corrected chi connectivity index (χ2v) is 27.0. The number of hydrogen-bond donors (Lipinski definition) is 4. The van der Waals surface area contributed by atoms with Gasteiger partial charge in [-0.25, -0.2) is 9.97 Å². The van der Waals surface area contributed by atoms with Gasteiger partial charge in [0.1, 0.15) is 35.9 Å². The number of likely N-dealkylation sites (tertiary alicyclic amines) is 1. The molecule has 3 atom stereocenters. The van der Waals surface area contributed by atoms with Gasteiger partial charge in [0, 0.05) is 99.4 Å². The highest BCUT2D eigenvalue weighted by Gasteiger charge is 2.61. The van der Waals surface area contributed by atoms with Crippen molar-refractivity contribution in [3.63, 3.8) is 0 Å². The van der Waals surface area contributed by atoms with Crippen molar-refractivity contribution in [3.05, 3.63) is 153 Å². The van der Waals surface area contributed by atoms with Crippen molar-refractivity contribution in [2.75, 3.05) is 46.6 Å². The SMILES string of the molecule is Cn1cnnc1-c1ccc(C(F)(F)F)cc1-c1cc(NCCCC#N)nc(N2Cc3c(cc(CNC4C(Cn5cnnc5-c5ccc(C(F)(F)F)cc5-c5cc(NCCCC#N)nc(N6Cc7c(cc(CN8C[C@H](O)C9(CC9)C8)cc7C(F)(F)F)C6=O)c5)CC45CC5)cc3C(F)(F)F)C2=O)c1. The van der Waals surface area contributed by atoms with Crippen LogP contribution in [0, 0.1) is 39.4 Å². The Bertz CT molecular complexity index is 4690. The van der Waals surface area contributed by atoms with E-state index in [1.54, 1.807) is 11.6 Å². The molecule has 2 amide bonds. The molecule has 3 saturated carbocycles. The molecule has 4 aromatic carbocycles. The lowest BCUT2D eigenvalue weighted by atomic mass is 9.66. The van der Waals surface area contributed by atoms with Gasteiger partial charge < -0.3 is 30.2 Å². The lowest BCUT2D eigenvalue weighted by Gasteiger charge is -2.47. The van der Waals surface area contributed by atoms with E-state index in [0.29, 0.717) is 25.8 Å². The van der Waals surface area contributed by atoms with Crippen molar-refractivity contribution < 1.29 is 67.4 Å². The number of aliphatic hydroxyl groups excluding tert-OH is 1. The van der Waals surface area contributed by atoms with Crippen LogP contribution in [0.2, 0.25) is 0 Å². The minimum Gasteiger partial charge on any atom is -0.391 e. The number of anilines is 4. The molecule has 4 aromatic heterocycles. The Morgan fingerprint density at radius 3 is 1.58 bits per heavy atom. The number of fused-ring (bicyclic) bond motifs is 2. The number of pyridine rings is 2. The standard InChI is InChI=1S/C70H62F12N16O3/c1-94-36-88-92-61(94)45-8-6-43(67(71,72)73)26-47(45)40-22-56(85-16-4-2-14-83)90-58(24-40)97-32-51-49(63(97)100)18-38(20-53(51)69(77,78)79)29-87-60-42(28-65(60)10-11-65)31-96-37-89-93-62(96)46-9-7-44(68(74,75)76)27-48(46)41-23-57(86-17-5-3-15-84)91-59(25-41)98-33-52-50(64(98)101)19-39(21-54(52)70(80,81)82)30-95-34-55(99)66(35-95)12-13-66/h6-9,18-27,36-37,42,55,60,87,99H,2-5,10-13,16-17,28-35H2,1H3,(H,85,90)(H,86,91)/t42?,55-,60?/m0/s1. The van der Waals surface area contributed by atoms with Crippen LogP contribution in [0.4, 0.5) is 76.0 Å². The van der Waals surface area contributed by atoms with Crippen LogP contribution in [0.3, 0.4) is 0 Å². The maximum absolute atomic E-state index is 15.4. The second kappa shape index (κ2) is 25.6. The molecule has 101 heavy (non-hydrogen) atoms. The normalized spacial score (nSPS) is 19.0. The second-order valence-electron chi connectivity index (χ2n) is 27.0. The predicted octanol–water partition coefficient (Wildman–Crippen LogP) is 13.6. The molecule has 14 rings (SSSR count). The zero-order valence-corrected chi connectivity index (χ0v) is 53.8. The zero-order valence-electron chi connectivity index (χ0n) is 53.8. The molecule has 3 aliphatic heterocycles. The minimum atomic E-state index is -4.99. The number of carbonyl (C=O) groups is 2. The summed E-state index contributed by atoms with van der Waals surface area (Å²) >= 11 is 0. The van der Waals surface area contributed by atoms with Gasteiger partial charge >= 0.3 is 24.7 Å². The molecule has 8 aromatic rings. The van der Waals surface area contributed by atoms with Gasteiger partial charge in [0.15, 0.2) is 11.6 Å². The number of benzene rings is 4. The van der Waals surface area contributed by atoms with E-state index >= 15 is 26.3 Å². The molecule has 0 radical (unpaired) electrons. The third-order valence-corrected chi connectivity index (χ3v) is 20.3. The largest absolute Gasteiger partial charge is 0.416 e. The molecule has 1 saturated heterocycles. The van der Waals surface area contributed by atoms with Crippen LogP contribution in [0.15, 0.2) is 97.6 Å². The van der Waals surface area contributed by atoms with Gasteiger partial charge in [-0.3, -0.25) is 24.3 Å². The molecule has 4 N–H and O–H groups in total. The third kappa shape index (κ3) is 13.3. The summed E-state index contributed by atoms with van der Waals surface area (Å²) < 4.78 is 182. The van der Waals surface area contributed by atoms with E-state index in [9.17, 15) is 51.6 Å². The Balaban J connectivity index is 0.752. The van der Waals surface area contributed by atoms with E-state index in [2.05, 4.69) is 46.3 Å². The van der Waals surface area contributed by atoms with E-state index in [1.165, 1.54) is 65.8 Å². The fourth-order valence-corrected chi connectivity index (χ4v) is 14.9. The summed E-state index contributed by atoms with van der Waals surface area (Å²) in [5, 5.41) is 55.4. The van der Waals surface area contributed by atoms with Crippen molar-refractivity contribution in [2.45, 2.75) is 127 Å². The quantitative estimate of drug-likeness (QED) is 0.0387. The number of nitriles is 2. The van der Waals surface area contributed by atoms with Crippen LogP contribution >= 0.6 is 0 Å². The highest BCUT2D eigenvalue weighted by atomic mass is 19.4.